The number of carbonyl (C=O) groups is 1. The third-order valence-electron chi connectivity index (χ3n) is 4.97. The minimum atomic E-state index is -0.317. The minimum absolute atomic E-state index is 0.0605. The van der Waals surface area contributed by atoms with Crippen LogP contribution in [0.4, 0.5) is 10.2 Å². The summed E-state index contributed by atoms with van der Waals surface area (Å²) in [5.74, 6) is 1.57. The molecule has 3 aromatic rings. The number of nitrogens with zero attached hydrogens (tertiary/aromatic N) is 4. The van der Waals surface area contributed by atoms with Crippen LogP contribution in [0.15, 0.2) is 43.2 Å². The van der Waals surface area contributed by atoms with Crippen LogP contribution in [0.5, 0.6) is 5.75 Å². The topological polar surface area (TPSA) is 96.0 Å². The molecule has 1 aliphatic rings. The molecule has 2 N–H and O–H groups in total. The van der Waals surface area contributed by atoms with Crippen LogP contribution in [-0.2, 0) is 11.2 Å². The van der Waals surface area contributed by atoms with Crippen molar-refractivity contribution in [3.05, 3.63) is 54.9 Å². The molecule has 0 bridgehead atoms. The van der Waals surface area contributed by atoms with E-state index < -0.39 is 0 Å². The second-order valence-corrected chi connectivity index (χ2v) is 7.13. The van der Waals surface area contributed by atoms with Gasteiger partial charge in [0.05, 0.1) is 6.61 Å². The fraction of sp³-hybridized carbons (Fsp3) is 0.333. The zero-order valence-electron chi connectivity index (χ0n) is 16.5. The molecule has 0 aliphatic carbocycles. The third-order valence-corrected chi connectivity index (χ3v) is 4.97. The lowest BCUT2D eigenvalue weighted by atomic mass is 10.2. The molecule has 9 heteroatoms. The largest absolute Gasteiger partial charge is 0.493 e. The number of imidazole rings is 1. The van der Waals surface area contributed by atoms with Crippen LogP contribution in [0.3, 0.4) is 0 Å². The van der Waals surface area contributed by atoms with Crippen molar-refractivity contribution in [3.8, 4) is 5.75 Å². The van der Waals surface area contributed by atoms with Gasteiger partial charge in [-0.3, -0.25) is 4.79 Å². The first-order valence-electron chi connectivity index (χ1n) is 9.88. The molecule has 1 amide bonds. The zero-order chi connectivity index (χ0) is 20.9. The van der Waals surface area contributed by atoms with Gasteiger partial charge in [0.2, 0.25) is 5.91 Å². The number of rotatable bonds is 8. The van der Waals surface area contributed by atoms with Crippen LogP contribution in [-0.4, -0.2) is 56.5 Å². The lowest BCUT2D eigenvalue weighted by Gasteiger charge is -2.15. The summed E-state index contributed by atoms with van der Waals surface area (Å²) in [6.45, 7) is 5.28. The first-order chi connectivity index (χ1) is 14.6. The number of fused-ring (bicyclic) bond motifs is 1. The Morgan fingerprint density at radius 2 is 2.33 bits per heavy atom. The molecular formula is C21H23FN6O2. The SMILES string of the molecule is C=CC(=O)N1CCC(Nc2ncnc3[nH]c(CCCOc4cccc(F)c4)nc23)C1. The number of benzene rings is 1. The van der Waals surface area contributed by atoms with Gasteiger partial charge in [-0.05, 0) is 31.1 Å². The van der Waals surface area contributed by atoms with E-state index in [-0.39, 0.29) is 17.8 Å². The monoisotopic (exact) mass is 410 g/mol. The number of ether oxygens (including phenoxy) is 1. The summed E-state index contributed by atoms with van der Waals surface area (Å²) in [5.41, 5.74) is 1.33. The Morgan fingerprint density at radius 3 is 3.17 bits per heavy atom. The van der Waals surface area contributed by atoms with E-state index in [4.69, 9.17) is 4.74 Å². The zero-order valence-corrected chi connectivity index (χ0v) is 16.5. The van der Waals surface area contributed by atoms with Crippen molar-refractivity contribution in [1.29, 1.82) is 0 Å². The highest BCUT2D eigenvalue weighted by atomic mass is 19.1. The minimum Gasteiger partial charge on any atom is -0.493 e. The Kier molecular flexibility index (Phi) is 5.87. The van der Waals surface area contributed by atoms with Crippen LogP contribution >= 0.6 is 0 Å². The average Bonchev–Trinajstić information content (AvgIpc) is 3.38. The fourth-order valence-electron chi connectivity index (χ4n) is 3.49. The molecule has 30 heavy (non-hydrogen) atoms. The molecule has 0 saturated carbocycles. The number of hydrogen-bond acceptors (Lipinski definition) is 6. The second kappa shape index (κ2) is 8.89. The van der Waals surface area contributed by atoms with Crippen molar-refractivity contribution < 1.29 is 13.9 Å². The highest BCUT2D eigenvalue weighted by Crippen LogP contribution is 2.21. The maximum Gasteiger partial charge on any atom is 0.246 e. The number of halogens is 1. The molecule has 1 saturated heterocycles. The van der Waals surface area contributed by atoms with Crippen molar-refractivity contribution in [3.63, 3.8) is 0 Å². The summed E-state index contributed by atoms with van der Waals surface area (Å²) in [6, 6.07) is 6.20. The van der Waals surface area contributed by atoms with Crippen molar-refractivity contribution in [2.75, 3.05) is 25.0 Å². The van der Waals surface area contributed by atoms with E-state index in [9.17, 15) is 9.18 Å². The Labute approximate surface area is 173 Å². The average molecular weight is 410 g/mol. The number of aromatic amines is 1. The molecule has 1 aliphatic heterocycles. The van der Waals surface area contributed by atoms with Crippen LogP contribution in [0.1, 0.15) is 18.7 Å². The molecule has 0 spiro atoms. The summed E-state index contributed by atoms with van der Waals surface area (Å²) in [6.07, 6.45) is 5.04. The summed E-state index contributed by atoms with van der Waals surface area (Å²) < 4.78 is 18.8. The normalized spacial score (nSPS) is 16.0. The summed E-state index contributed by atoms with van der Waals surface area (Å²) in [5, 5.41) is 3.38. The lowest BCUT2D eigenvalue weighted by molar-refractivity contribution is -0.125. The highest BCUT2D eigenvalue weighted by molar-refractivity contribution is 5.87. The number of likely N-dealkylation sites (tertiary alicyclic amines) is 1. The first kappa shape index (κ1) is 19.8. The van der Waals surface area contributed by atoms with Crippen molar-refractivity contribution in [2.24, 2.45) is 0 Å². The van der Waals surface area contributed by atoms with Crippen LogP contribution < -0.4 is 10.1 Å². The summed E-state index contributed by atoms with van der Waals surface area (Å²) in [7, 11) is 0. The van der Waals surface area contributed by atoms with Crippen molar-refractivity contribution >= 4 is 22.9 Å². The maximum atomic E-state index is 13.2. The van der Waals surface area contributed by atoms with Gasteiger partial charge in [0.1, 0.15) is 23.7 Å². The highest BCUT2D eigenvalue weighted by Gasteiger charge is 2.25. The van der Waals surface area contributed by atoms with Crippen molar-refractivity contribution in [1.82, 2.24) is 24.8 Å². The summed E-state index contributed by atoms with van der Waals surface area (Å²) in [4.78, 5) is 30.0. The molecule has 156 valence electrons. The molecule has 1 fully saturated rings. The third kappa shape index (κ3) is 4.56. The van der Waals surface area contributed by atoms with Gasteiger partial charge in [0.15, 0.2) is 17.0 Å². The number of hydrogen-bond donors (Lipinski definition) is 2. The standard InChI is InChI=1S/C21H23FN6O2/c1-2-18(29)28-9-8-15(12-28)25-20-19-21(24-13-23-20)27-17(26-19)7-4-10-30-16-6-3-5-14(22)11-16/h2-3,5-6,11,13,15H,1,4,7-10,12H2,(H2,23,24,25,26,27). The van der Waals surface area contributed by atoms with Gasteiger partial charge >= 0.3 is 0 Å². The number of carbonyl (C=O) groups excluding carboxylic acids is 1. The Bertz CT molecular complexity index is 1050. The van der Waals surface area contributed by atoms with Gasteiger partial charge in [-0.1, -0.05) is 12.6 Å². The van der Waals surface area contributed by atoms with Crippen LogP contribution in [0.2, 0.25) is 0 Å². The van der Waals surface area contributed by atoms with Crippen molar-refractivity contribution in [2.45, 2.75) is 25.3 Å². The van der Waals surface area contributed by atoms with E-state index in [1.807, 2.05) is 0 Å². The first-order valence-corrected chi connectivity index (χ1v) is 9.88. The van der Waals surface area contributed by atoms with E-state index in [1.165, 1.54) is 24.5 Å². The molecule has 0 radical (unpaired) electrons. The molecule has 1 unspecified atom stereocenters. The number of anilines is 1. The summed E-state index contributed by atoms with van der Waals surface area (Å²) >= 11 is 0. The Hall–Kier alpha value is -3.49. The molecule has 1 aromatic carbocycles. The molecule has 2 aromatic heterocycles. The van der Waals surface area contributed by atoms with E-state index >= 15 is 0 Å². The molecule has 1 atom stereocenters. The van der Waals surface area contributed by atoms with Gasteiger partial charge in [-0.15, -0.1) is 0 Å². The molecule has 3 heterocycles. The van der Waals surface area contributed by atoms with E-state index in [0.717, 1.165) is 12.2 Å². The van der Waals surface area contributed by atoms with Gasteiger partial charge in [-0.25, -0.2) is 19.3 Å². The van der Waals surface area contributed by atoms with Gasteiger partial charge < -0.3 is 19.9 Å². The quantitative estimate of drug-likeness (QED) is 0.438. The van der Waals surface area contributed by atoms with Crippen LogP contribution in [0, 0.1) is 5.82 Å². The van der Waals surface area contributed by atoms with Crippen LogP contribution in [0.25, 0.3) is 11.2 Å². The Balaban J connectivity index is 1.35. The van der Waals surface area contributed by atoms with E-state index in [0.29, 0.717) is 55.3 Å². The Morgan fingerprint density at radius 1 is 1.43 bits per heavy atom. The van der Waals surface area contributed by atoms with E-state index in [1.54, 1.807) is 17.0 Å². The number of aryl methyl sites for hydroxylation is 1. The number of nitrogens with one attached hydrogen (secondary N) is 2. The molecule has 4 rings (SSSR count). The lowest BCUT2D eigenvalue weighted by Crippen LogP contribution is -2.30. The predicted molar refractivity (Wildman–Crippen MR) is 111 cm³/mol. The second-order valence-electron chi connectivity index (χ2n) is 7.13. The van der Waals surface area contributed by atoms with E-state index in [2.05, 4.69) is 31.8 Å². The molecule has 8 nitrogen and oxygen atoms in total. The maximum absolute atomic E-state index is 13.2. The smallest absolute Gasteiger partial charge is 0.246 e. The van der Waals surface area contributed by atoms with Gasteiger partial charge in [0.25, 0.3) is 0 Å². The van der Waals surface area contributed by atoms with Gasteiger partial charge in [0, 0.05) is 31.6 Å². The molecular weight excluding hydrogens is 387 g/mol. The number of amides is 1. The fourth-order valence-corrected chi connectivity index (χ4v) is 3.49. The number of aromatic nitrogens is 4. The predicted octanol–water partition coefficient (Wildman–Crippen LogP) is 2.70. The number of H-pyrrole nitrogens is 1. The van der Waals surface area contributed by atoms with Gasteiger partial charge in [-0.2, -0.15) is 0 Å².